The second kappa shape index (κ2) is 3.73. The summed E-state index contributed by atoms with van der Waals surface area (Å²) in [6.07, 6.45) is 6.53. The first-order valence-corrected chi connectivity index (χ1v) is 5.30. The molecule has 3 unspecified atom stereocenters. The van der Waals surface area contributed by atoms with Gasteiger partial charge in [-0.15, -0.1) is 0 Å². The quantitative estimate of drug-likeness (QED) is 0.651. The number of rotatable bonds is 3. The van der Waals surface area contributed by atoms with Gasteiger partial charge in [0.05, 0.1) is 6.61 Å². The van der Waals surface area contributed by atoms with Gasteiger partial charge in [-0.3, -0.25) is 4.79 Å². The molecule has 2 N–H and O–H groups in total. The van der Waals surface area contributed by atoms with Crippen LogP contribution in [0, 0.1) is 17.8 Å². The molecule has 0 aliphatic heterocycles. The van der Waals surface area contributed by atoms with E-state index in [2.05, 4.69) is 17.5 Å². The smallest absolute Gasteiger partial charge is 0.224 e. The third kappa shape index (κ3) is 1.69. The number of aliphatic hydroxyl groups is 1. The number of amides is 1. The lowest BCUT2D eigenvalue weighted by Crippen LogP contribution is -2.40. The fourth-order valence-corrected chi connectivity index (χ4v) is 2.48. The van der Waals surface area contributed by atoms with Crippen LogP contribution in [0.15, 0.2) is 12.2 Å². The molecule has 0 aromatic rings. The van der Waals surface area contributed by atoms with Gasteiger partial charge in [-0.1, -0.05) is 12.2 Å². The maximum atomic E-state index is 11.7. The third-order valence-corrected chi connectivity index (χ3v) is 3.28. The van der Waals surface area contributed by atoms with Crippen molar-refractivity contribution in [3.63, 3.8) is 0 Å². The lowest BCUT2D eigenvalue weighted by Gasteiger charge is -2.19. The van der Waals surface area contributed by atoms with Crippen molar-refractivity contribution >= 4 is 5.91 Å². The van der Waals surface area contributed by atoms with E-state index in [1.54, 1.807) is 0 Å². The third-order valence-electron chi connectivity index (χ3n) is 3.28. The van der Waals surface area contributed by atoms with E-state index in [0.29, 0.717) is 11.8 Å². The zero-order valence-electron chi connectivity index (χ0n) is 8.44. The molecule has 2 aliphatic rings. The molecule has 0 aromatic heterocycles. The Kier molecular flexibility index (Phi) is 2.59. The summed E-state index contributed by atoms with van der Waals surface area (Å²) in [4.78, 5) is 11.7. The number of hydrogen-bond acceptors (Lipinski definition) is 2. The summed E-state index contributed by atoms with van der Waals surface area (Å²) in [5, 5.41) is 11.7. The Labute approximate surface area is 84.2 Å². The highest BCUT2D eigenvalue weighted by atomic mass is 16.3. The molecule has 0 saturated heterocycles. The van der Waals surface area contributed by atoms with Crippen LogP contribution in [-0.2, 0) is 4.79 Å². The van der Waals surface area contributed by atoms with Crippen LogP contribution in [0.2, 0.25) is 0 Å². The highest BCUT2D eigenvalue weighted by molar-refractivity contribution is 5.80. The van der Waals surface area contributed by atoms with Crippen LogP contribution in [0.25, 0.3) is 0 Å². The van der Waals surface area contributed by atoms with E-state index >= 15 is 0 Å². The maximum Gasteiger partial charge on any atom is 0.224 e. The number of nitrogens with one attached hydrogen (secondary N) is 1. The van der Waals surface area contributed by atoms with Crippen LogP contribution in [0.4, 0.5) is 0 Å². The van der Waals surface area contributed by atoms with Gasteiger partial charge in [0.1, 0.15) is 0 Å². The van der Waals surface area contributed by atoms with Gasteiger partial charge in [-0.25, -0.2) is 0 Å². The largest absolute Gasteiger partial charge is 0.394 e. The van der Waals surface area contributed by atoms with Gasteiger partial charge in [-0.2, -0.15) is 0 Å². The first-order chi connectivity index (χ1) is 6.70. The molecule has 0 aromatic carbocycles. The Morgan fingerprint density at radius 1 is 1.57 bits per heavy atom. The topological polar surface area (TPSA) is 49.3 Å². The molecule has 0 heterocycles. The van der Waals surface area contributed by atoms with E-state index < -0.39 is 0 Å². The van der Waals surface area contributed by atoms with Crippen LogP contribution in [0.5, 0.6) is 0 Å². The molecule has 1 amide bonds. The number of carbonyl (C=O) groups is 1. The molecule has 3 nitrogen and oxygen atoms in total. The summed E-state index contributed by atoms with van der Waals surface area (Å²) < 4.78 is 0. The van der Waals surface area contributed by atoms with Crippen LogP contribution in [0.1, 0.15) is 19.8 Å². The minimum absolute atomic E-state index is 0.0163. The molecule has 14 heavy (non-hydrogen) atoms. The second-order valence-corrected chi connectivity index (χ2v) is 4.48. The normalized spacial score (nSPS) is 36.0. The predicted octanol–water partition coefficient (Wildman–Crippen LogP) is 0.696. The summed E-state index contributed by atoms with van der Waals surface area (Å²) in [6.45, 7) is 1.84. The van der Waals surface area contributed by atoms with Crippen LogP contribution in [0.3, 0.4) is 0 Å². The zero-order chi connectivity index (χ0) is 10.1. The Hall–Kier alpha value is -0.830. The highest BCUT2D eigenvalue weighted by Gasteiger charge is 2.39. The molecular weight excluding hydrogens is 178 g/mol. The van der Waals surface area contributed by atoms with Crippen molar-refractivity contribution < 1.29 is 9.90 Å². The molecule has 1 saturated carbocycles. The van der Waals surface area contributed by atoms with E-state index in [9.17, 15) is 4.79 Å². The monoisotopic (exact) mass is 195 g/mol. The van der Waals surface area contributed by atoms with Crippen molar-refractivity contribution in [1.29, 1.82) is 0 Å². The molecule has 2 bridgehead atoms. The molecule has 0 spiro atoms. The Bertz CT molecular complexity index is 262. The van der Waals surface area contributed by atoms with Gasteiger partial charge in [0.15, 0.2) is 0 Å². The maximum absolute atomic E-state index is 11.7. The van der Waals surface area contributed by atoms with Crippen molar-refractivity contribution in [2.24, 2.45) is 17.8 Å². The number of fused-ring (bicyclic) bond motifs is 2. The van der Waals surface area contributed by atoms with Crippen molar-refractivity contribution in [3.05, 3.63) is 12.2 Å². The van der Waals surface area contributed by atoms with Crippen LogP contribution >= 0.6 is 0 Å². The van der Waals surface area contributed by atoms with Gasteiger partial charge in [0.2, 0.25) is 5.91 Å². The van der Waals surface area contributed by atoms with Gasteiger partial charge in [0.25, 0.3) is 0 Å². The molecular formula is C11H17NO2. The van der Waals surface area contributed by atoms with Crippen molar-refractivity contribution in [1.82, 2.24) is 5.32 Å². The lowest BCUT2D eigenvalue weighted by molar-refractivity contribution is -0.126. The fourth-order valence-electron chi connectivity index (χ4n) is 2.48. The fraction of sp³-hybridized carbons (Fsp3) is 0.727. The minimum atomic E-state index is -0.120. The summed E-state index contributed by atoms with van der Waals surface area (Å²) in [6, 6.07) is -0.120. The first-order valence-electron chi connectivity index (χ1n) is 5.30. The van der Waals surface area contributed by atoms with E-state index in [0.717, 1.165) is 12.8 Å². The summed E-state index contributed by atoms with van der Waals surface area (Å²) >= 11 is 0. The lowest BCUT2D eigenvalue weighted by atomic mass is 9.92. The zero-order valence-corrected chi connectivity index (χ0v) is 8.44. The Morgan fingerprint density at radius 3 is 2.86 bits per heavy atom. The molecule has 3 heteroatoms. The van der Waals surface area contributed by atoms with Crippen LogP contribution in [-0.4, -0.2) is 23.7 Å². The van der Waals surface area contributed by atoms with Gasteiger partial charge < -0.3 is 10.4 Å². The predicted molar refractivity (Wildman–Crippen MR) is 53.5 cm³/mol. The number of carbonyl (C=O) groups excluding carboxylic acids is 1. The van der Waals surface area contributed by atoms with Crippen LogP contribution < -0.4 is 5.32 Å². The van der Waals surface area contributed by atoms with Gasteiger partial charge in [-0.05, 0) is 31.6 Å². The molecule has 1 fully saturated rings. The number of aliphatic hydroxyl groups excluding tert-OH is 1. The number of hydrogen-bond donors (Lipinski definition) is 2. The average Bonchev–Trinajstić information content (AvgIpc) is 2.78. The second-order valence-electron chi connectivity index (χ2n) is 4.48. The van der Waals surface area contributed by atoms with Crippen molar-refractivity contribution in [3.8, 4) is 0 Å². The van der Waals surface area contributed by atoms with E-state index in [1.165, 1.54) is 0 Å². The van der Waals surface area contributed by atoms with Gasteiger partial charge in [0, 0.05) is 12.0 Å². The average molecular weight is 195 g/mol. The van der Waals surface area contributed by atoms with Crippen molar-refractivity contribution in [2.45, 2.75) is 25.8 Å². The van der Waals surface area contributed by atoms with E-state index in [-0.39, 0.29) is 24.5 Å². The summed E-state index contributed by atoms with van der Waals surface area (Å²) in [7, 11) is 0. The van der Waals surface area contributed by atoms with E-state index in [4.69, 9.17) is 5.11 Å². The summed E-state index contributed by atoms with van der Waals surface area (Å²) in [5.41, 5.74) is 0. The molecule has 4 atom stereocenters. The molecule has 2 aliphatic carbocycles. The molecule has 78 valence electrons. The van der Waals surface area contributed by atoms with E-state index in [1.807, 2.05) is 6.92 Å². The molecule has 2 rings (SSSR count). The first kappa shape index (κ1) is 9.71. The Balaban J connectivity index is 1.90. The highest BCUT2D eigenvalue weighted by Crippen LogP contribution is 2.43. The van der Waals surface area contributed by atoms with Gasteiger partial charge >= 0.3 is 0 Å². The standard InChI is InChI=1S/C11H17NO2/c1-7(6-13)12-11(14)10-5-8-2-3-9(10)4-8/h2-3,7-10,13H,4-6H2,1H3,(H,12,14)/t7-,8?,9?,10?/m1/s1. The SMILES string of the molecule is C[C@H](CO)NC(=O)C1CC2C=CC1C2. The molecule has 0 radical (unpaired) electrons. The number of allylic oxidation sites excluding steroid dienone is 2. The van der Waals surface area contributed by atoms with Crippen molar-refractivity contribution in [2.75, 3.05) is 6.61 Å². The Morgan fingerprint density at radius 2 is 2.36 bits per heavy atom. The minimum Gasteiger partial charge on any atom is -0.394 e. The summed E-state index contributed by atoms with van der Waals surface area (Å²) in [5.74, 6) is 1.34.